The van der Waals surface area contributed by atoms with Gasteiger partial charge in [0.15, 0.2) is 0 Å². The Balaban J connectivity index is 2.69. The number of amides is 1. The van der Waals surface area contributed by atoms with Crippen molar-refractivity contribution in [1.29, 1.82) is 0 Å². The molecule has 0 aliphatic carbocycles. The average Bonchev–Trinajstić information content (AvgIpc) is 2.36. The number of nitrogens with one attached hydrogen (secondary N) is 1. The lowest BCUT2D eigenvalue weighted by Gasteiger charge is -2.32. The van der Waals surface area contributed by atoms with Crippen molar-refractivity contribution < 1.29 is 4.79 Å². The zero-order valence-corrected chi connectivity index (χ0v) is 12.8. The largest absolute Gasteiger partial charge is 0.349 e. The van der Waals surface area contributed by atoms with E-state index in [1.165, 1.54) is 0 Å². The van der Waals surface area contributed by atoms with Crippen molar-refractivity contribution in [1.82, 2.24) is 5.32 Å². The van der Waals surface area contributed by atoms with Crippen LogP contribution in [0.15, 0.2) is 30.3 Å². The van der Waals surface area contributed by atoms with Crippen molar-refractivity contribution in [3.8, 4) is 0 Å². The Kier molecular flexibility index (Phi) is 6.36. The standard InChI is InChI=1S/C16H24ClNO/c1-16(2,3)15(13-9-5-4-6-10-13)18-14(19)11-7-8-12-17/h4-6,9-10,15H,7-8,11-12H2,1-3H3,(H,18,19). The Hall–Kier alpha value is -1.02. The molecule has 3 heteroatoms. The molecule has 19 heavy (non-hydrogen) atoms. The molecule has 0 bridgehead atoms. The molecule has 0 saturated heterocycles. The minimum atomic E-state index is -0.0104. The third-order valence-electron chi connectivity index (χ3n) is 3.09. The Morgan fingerprint density at radius 2 is 1.84 bits per heavy atom. The highest BCUT2D eigenvalue weighted by atomic mass is 35.5. The van der Waals surface area contributed by atoms with Gasteiger partial charge in [0, 0.05) is 12.3 Å². The minimum absolute atomic E-state index is 0.0104. The van der Waals surface area contributed by atoms with Crippen molar-refractivity contribution in [2.24, 2.45) is 5.41 Å². The lowest BCUT2D eigenvalue weighted by molar-refractivity contribution is -0.122. The number of carbonyl (C=O) groups excluding carboxylic acids is 1. The second-order valence-electron chi connectivity index (χ2n) is 5.92. The Labute approximate surface area is 121 Å². The summed E-state index contributed by atoms with van der Waals surface area (Å²) in [5.41, 5.74) is 1.14. The predicted molar refractivity (Wildman–Crippen MR) is 81.4 cm³/mol. The van der Waals surface area contributed by atoms with Crippen LogP contribution in [0.3, 0.4) is 0 Å². The summed E-state index contributed by atoms with van der Waals surface area (Å²) >= 11 is 5.63. The van der Waals surface area contributed by atoms with Crippen molar-refractivity contribution in [2.45, 2.75) is 46.1 Å². The van der Waals surface area contributed by atoms with Gasteiger partial charge in [-0.25, -0.2) is 0 Å². The number of hydrogen-bond donors (Lipinski definition) is 1. The quantitative estimate of drug-likeness (QED) is 0.611. The number of hydrogen-bond acceptors (Lipinski definition) is 1. The van der Waals surface area contributed by atoms with E-state index >= 15 is 0 Å². The summed E-state index contributed by atoms with van der Waals surface area (Å²) in [5.74, 6) is 0.725. The number of halogens is 1. The second kappa shape index (κ2) is 7.54. The summed E-state index contributed by atoms with van der Waals surface area (Å²) in [6.45, 7) is 6.43. The van der Waals surface area contributed by atoms with Gasteiger partial charge in [0.2, 0.25) is 5.91 Å². The smallest absolute Gasteiger partial charge is 0.220 e. The normalized spacial score (nSPS) is 13.1. The molecule has 0 fully saturated rings. The van der Waals surface area contributed by atoms with Crippen molar-refractivity contribution in [3.05, 3.63) is 35.9 Å². The summed E-state index contributed by atoms with van der Waals surface area (Å²) in [7, 11) is 0. The van der Waals surface area contributed by atoms with Gasteiger partial charge in [-0.3, -0.25) is 4.79 Å². The summed E-state index contributed by atoms with van der Waals surface area (Å²) in [6, 6.07) is 10.2. The third kappa shape index (κ3) is 5.65. The van der Waals surface area contributed by atoms with E-state index in [0.717, 1.165) is 18.4 Å². The molecule has 0 spiro atoms. The lowest BCUT2D eigenvalue weighted by Crippen LogP contribution is -2.36. The van der Waals surface area contributed by atoms with Crippen LogP contribution in [0, 0.1) is 5.41 Å². The van der Waals surface area contributed by atoms with Gasteiger partial charge in [0.1, 0.15) is 0 Å². The maximum atomic E-state index is 12.0. The van der Waals surface area contributed by atoms with Crippen LogP contribution in [0.5, 0.6) is 0 Å². The minimum Gasteiger partial charge on any atom is -0.349 e. The fraction of sp³-hybridized carbons (Fsp3) is 0.562. The van der Waals surface area contributed by atoms with Crippen LogP contribution in [0.1, 0.15) is 51.6 Å². The predicted octanol–water partition coefficient (Wildman–Crippen LogP) is 4.30. The van der Waals surface area contributed by atoms with E-state index in [9.17, 15) is 4.79 Å². The van der Waals surface area contributed by atoms with Gasteiger partial charge < -0.3 is 5.32 Å². The molecule has 0 aliphatic heterocycles. The van der Waals surface area contributed by atoms with Crippen LogP contribution in [0.4, 0.5) is 0 Å². The molecule has 1 aromatic rings. The molecule has 0 saturated carbocycles. The van der Waals surface area contributed by atoms with Crippen molar-refractivity contribution in [3.63, 3.8) is 0 Å². The van der Waals surface area contributed by atoms with E-state index in [1.54, 1.807) is 0 Å². The summed E-state index contributed by atoms with van der Waals surface area (Å²) in [6.07, 6.45) is 2.29. The number of rotatable bonds is 6. The van der Waals surface area contributed by atoms with Crippen LogP contribution in [-0.4, -0.2) is 11.8 Å². The first-order chi connectivity index (χ1) is 8.95. The highest BCUT2D eigenvalue weighted by Crippen LogP contribution is 2.32. The molecule has 0 aliphatic rings. The number of benzene rings is 1. The van der Waals surface area contributed by atoms with E-state index in [1.807, 2.05) is 18.2 Å². The highest BCUT2D eigenvalue weighted by molar-refractivity contribution is 6.17. The fourth-order valence-electron chi connectivity index (χ4n) is 2.06. The van der Waals surface area contributed by atoms with Gasteiger partial charge in [0.25, 0.3) is 0 Å². The molecule has 1 aromatic carbocycles. The van der Waals surface area contributed by atoms with Gasteiger partial charge in [-0.05, 0) is 23.8 Å². The molecular weight excluding hydrogens is 258 g/mol. The molecule has 1 N–H and O–H groups in total. The highest BCUT2D eigenvalue weighted by Gasteiger charge is 2.27. The molecule has 1 amide bonds. The third-order valence-corrected chi connectivity index (χ3v) is 3.36. The summed E-state index contributed by atoms with van der Waals surface area (Å²) < 4.78 is 0. The Bertz CT molecular complexity index is 383. The monoisotopic (exact) mass is 281 g/mol. The van der Waals surface area contributed by atoms with Crippen LogP contribution in [0.2, 0.25) is 0 Å². The topological polar surface area (TPSA) is 29.1 Å². The summed E-state index contributed by atoms with van der Waals surface area (Å²) in [5, 5.41) is 3.15. The number of carbonyl (C=O) groups is 1. The molecule has 1 unspecified atom stereocenters. The molecule has 0 heterocycles. The first-order valence-electron chi connectivity index (χ1n) is 6.85. The fourth-order valence-corrected chi connectivity index (χ4v) is 2.25. The zero-order valence-electron chi connectivity index (χ0n) is 12.1. The average molecular weight is 282 g/mol. The molecular formula is C16H24ClNO. The van der Waals surface area contributed by atoms with E-state index in [-0.39, 0.29) is 17.4 Å². The second-order valence-corrected chi connectivity index (χ2v) is 6.30. The lowest BCUT2D eigenvalue weighted by atomic mass is 9.82. The SMILES string of the molecule is CC(C)(C)C(NC(=O)CCCCCl)c1ccccc1. The van der Waals surface area contributed by atoms with E-state index < -0.39 is 0 Å². The van der Waals surface area contributed by atoms with Gasteiger partial charge >= 0.3 is 0 Å². The Morgan fingerprint density at radius 3 is 2.37 bits per heavy atom. The van der Waals surface area contributed by atoms with E-state index in [2.05, 4.69) is 38.2 Å². The number of unbranched alkanes of at least 4 members (excludes halogenated alkanes) is 1. The van der Waals surface area contributed by atoms with Gasteiger partial charge in [-0.1, -0.05) is 51.1 Å². The van der Waals surface area contributed by atoms with Crippen LogP contribution >= 0.6 is 11.6 Å². The molecule has 106 valence electrons. The first-order valence-corrected chi connectivity index (χ1v) is 7.39. The van der Waals surface area contributed by atoms with E-state index in [0.29, 0.717) is 12.3 Å². The van der Waals surface area contributed by atoms with Gasteiger partial charge in [0.05, 0.1) is 6.04 Å². The number of alkyl halides is 1. The summed E-state index contributed by atoms with van der Waals surface area (Å²) in [4.78, 5) is 12.0. The maximum absolute atomic E-state index is 12.0. The van der Waals surface area contributed by atoms with Crippen molar-refractivity contribution >= 4 is 17.5 Å². The van der Waals surface area contributed by atoms with E-state index in [4.69, 9.17) is 11.6 Å². The molecule has 2 nitrogen and oxygen atoms in total. The molecule has 0 radical (unpaired) electrons. The van der Waals surface area contributed by atoms with Crippen LogP contribution in [-0.2, 0) is 4.79 Å². The van der Waals surface area contributed by atoms with Gasteiger partial charge in [-0.2, -0.15) is 0 Å². The molecule has 1 atom stereocenters. The Morgan fingerprint density at radius 1 is 1.21 bits per heavy atom. The van der Waals surface area contributed by atoms with Gasteiger partial charge in [-0.15, -0.1) is 11.6 Å². The van der Waals surface area contributed by atoms with Crippen LogP contribution in [0.25, 0.3) is 0 Å². The first kappa shape index (κ1) is 16.0. The zero-order chi connectivity index (χ0) is 14.3. The molecule has 1 rings (SSSR count). The van der Waals surface area contributed by atoms with Crippen molar-refractivity contribution in [2.75, 3.05) is 5.88 Å². The molecule has 0 aromatic heterocycles. The maximum Gasteiger partial charge on any atom is 0.220 e. The van der Waals surface area contributed by atoms with Crippen LogP contribution < -0.4 is 5.32 Å².